The molecule has 0 atom stereocenters. The second-order valence-electron chi connectivity index (χ2n) is 9.73. The lowest BCUT2D eigenvalue weighted by Crippen LogP contribution is -2.38. The van der Waals surface area contributed by atoms with Crippen LogP contribution in [-0.4, -0.2) is 44.8 Å². The first kappa shape index (κ1) is 28.0. The quantitative estimate of drug-likeness (QED) is 0.230. The number of alkyl halides is 3. The number of amides is 2. The maximum Gasteiger partial charge on any atom is 0.435 e. The standard InChI is InChI=1S/C28H26F4N6O3/c29-20-12-10-17(11-13-20)24-35-27(41-37-24)19-8-6-18(7-9-19)25(39)33-14-15-34-26(40)22-16-38(21-4-2-1-3-5-21)36-23(22)28(30,31)32/h1-5,10-13,16,18-19H,6-9,14-15H2,(H,33,39)(H,34,40)/t18-,19-. The molecule has 5 rings (SSSR count). The molecule has 0 aliphatic heterocycles. The molecular weight excluding hydrogens is 544 g/mol. The summed E-state index contributed by atoms with van der Waals surface area (Å²) in [6.07, 6.45) is -1.29. The summed E-state index contributed by atoms with van der Waals surface area (Å²) in [6, 6.07) is 13.9. The molecule has 9 nitrogen and oxygen atoms in total. The Bertz CT molecular complexity index is 1490. The van der Waals surface area contributed by atoms with E-state index < -0.39 is 23.3 Å². The molecule has 0 spiro atoms. The number of carbonyl (C=O) groups is 2. The summed E-state index contributed by atoms with van der Waals surface area (Å²) in [5, 5.41) is 12.7. The summed E-state index contributed by atoms with van der Waals surface area (Å²) in [4.78, 5) is 29.6. The second-order valence-corrected chi connectivity index (χ2v) is 9.73. The first-order valence-corrected chi connectivity index (χ1v) is 13.1. The molecule has 1 fully saturated rings. The van der Waals surface area contributed by atoms with E-state index in [0.717, 1.165) is 10.9 Å². The zero-order valence-corrected chi connectivity index (χ0v) is 21.7. The summed E-state index contributed by atoms with van der Waals surface area (Å²) in [7, 11) is 0. The summed E-state index contributed by atoms with van der Waals surface area (Å²) in [5.74, 6) is -0.891. The molecule has 1 aliphatic carbocycles. The number of nitrogens with zero attached hydrogens (tertiary/aromatic N) is 4. The van der Waals surface area contributed by atoms with E-state index in [1.165, 1.54) is 12.1 Å². The molecule has 0 saturated heterocycles. The van der Waals surface area contributed by atoms with E-state index in [1.807, 2.05) is 0 Å². The highest BCUT2D eigenvalue weighted by atomic mass is 19.4. The normalized spacial score (nSPS) is 17.3. The minimum Gasteiger partial charge on any atom is -0.354 e. The average molecular weight is 571 g/mol. The SMILES string of the molecule is O=C(NCCNC(=O)[C@H]1CC[C@H](c2nc(-c3ccc(F)cc3)no2)CC1)c1cn(-c2ccccc2)nc1C(F)(F)F. The van der Waals surface area contributed by atoms with Crippen LogP contribution in [0.5, 0.6) is 0 Å². The van der Waals surface area contributed by atoms with Crippen molar-refractivity contribution in [2.75, 3.05) is 13.1 Å². The smallest absolute Gasteiger partial charge is 0.354 e. The van der Waals surface area contributed by atoms with E-state index in [4.69, 9.17) is 4.52 Å². The van der Waals surface area contributed by atoms with Crippen LogP contribution in [0.4, 0.5) is 17.6 Å². The van der Waals surface area contributed by atoms with Gasteiger partial charge in [0.25, 0.3) is 5.91 Å². The number of hydrogen-bond acceptors (Lipinski definition) is 6. The first-order chi connectivity index (χ1) is 19.7. The molecular formula is C28H26F4N6O3. The predicted octanol–water partition coefficient (Wildman–Crippen LogP) is 4.90. The molecule has 2 N–H and O–H groups in total. The van der Waals surface area contributed by atoms with Crippen molar-refractivity contribution in [1.82, 2.24) is 30.6 Å². The Morgan fingerprint density at radius 1 is 0.951 bits per heavy atom. The van der Waals surface area contributed by atoms with Crippen LogP contribution in [0.1, 0.15) is 53.5 Å². The predicted molar refractivity (Wildman–Crippen MR) is 138 cm³/mol. The van der Waals surface area contributed by atoms with Crippen molar-refractivity contribution in [3.8, 4) is 17.1 Å². The van der Waals surface area contributed by atoms with E-state index in [-0.39, 0.29) is 36.6 Å². The molecule has 1 aliphatic rings. The topological polar surface area (TPSA) is 115 Å². The fourth-order valence-electron chi connectivity index (χ4n) is 4.78. The third kappa shape index (κ3) is 6.61. The summed E-state index contributed by atoms with van der Waals surface area (Å²) in [6.45, 7) is 0.00520. The van der Waals surface area contributed by atoms with Gasteiger partial charge in [0.15, 0.2) is 5.69 Å². The van der Waals surface area contributed by atoms with Crippen LogP contribution in [0.2, 0.25) is 0 Å². The van der Waals surface area contributed by atoms with Gasteiger partial charge in [-0.05, 0) is 62.1 Å². The highest BCUT2D eigenvalue weighted by Gasteiger charge is 2.39. The lowest BCUT2D eigenvalue weighted by Gasteiger charge is -2.25. The van der Waals surface area contributed by atoms with Crippen LogP contribution < -0.4 is 10.6 Å². The van der Waals surface area contributed by atoms with Gasteiger partial charge in [-0.1, -0.05) is 23.4 Å². The second kappa shape index (κ2) is 11.9. The van der Waals surface area contributed by atoms with Crippen LogP contribution in [0.3, 0.4) is 0 Å². The largest absolute Gasteiger partial charge is 0.435 e. The van der Waals surface area contributed by atoms with Gasteiger partial charge in [-0.25, -0.2) is 9.07 Å². The molecule has 2 aromatic heterocycles. The first-order valence-electron chi connectivity index (χ1n) is 13.1. The minimum absolute atomic E-state index is 0.000308. The molecule has 13 heteroatoms. The van der Waals surface area contributed by atoms with Gasteiger partial charge in [0.1, 0.15) is 5.82 Å². The lowest BCUT2D eigenvalue weighted by atomic mass is 9.81. The van der Waals surface area contributed by atoms with E-state index in [2.05, 4.69) is 25.9 Å². The number of para-hydroxylation sites is 1. The maximum atomic E-state index is 13.5. The van der Waals surface area contributed by atoms with Crippen molar-refractivity contribution in [2.24, 2.45) is 5.92 Å². The van der Waals surface area contributed by atoms with Gasteiger partial charge in [-0.15, -0.1) is 0 Å². The number of rotatable bonds is 8. The molecule has 2 amide bonds. The Morgan fingerprint density at radius 2 is 1.63 bits per heavy atom. The van der Waals surface area contributed by atoms with E-state index in [1.54, 1.807) is 42.5 Å². The van der Waals surface area contributed by atoms with Crippen molar-refractivity contribution in [3.63, 3.8) is 0 Å². The molecule has 2 heterocycles. The van der Waals surface area contributed by atoms with Crippen LogP contribution >= 0.6 is 0 Å². The highest BCUT2D eigenvalue weighted by Crippen LogP contribution is 2.36. The van der Waals surface area contributed by atoms with Crippen LogP contribution in [0.15, 0.2) is 65.3 Å². The van der Waals surface area contributed by atoms with Crippen molar-refractivity contribution in [3.05, 3.63) is 83.8 Å². The van der Waals surface area contributed by atoms with Crippen LogP contribution in [0, 0.1) is 11.7 Å². The molecule has 0 unspecified atom stereocenters. The fraction of sp³-hybridized carbons (Fsp3) is 0.321. The number of halogens is 4. The van der Waals surface area contributed by atoms with E-state index in [9.17, 15) is 27.2 Å². The number of hydrogen-bond donors (Lipinski definition) is 2. The van der Waals surface area contributed by atoms with Gasteiger partial charge in [0.05, 0.1) is 11.3 Å². The molecule has 0 bridgehead atoms. The lowest BCUT2D eigenvalue weighted by molar-refractivity contribution is -0.141. The third-order valence-corrected chi connectivity index (χ3v) is 6.95. The zero-order chi connectivity index (χ0) is 29.0. The van der Waals surface area contributed by atoms with E-state index >= 15 is 0 Å². The molecule has 214 valence electrons. The summed E-state index contributed by atoms with van der Waals surface area (Å²) in [5.41, 5.74) is -0.868. The number of nitrogens with one attached hydrogen (secondary N) is 2. The Balaban J connectivity index is 1.09. The maximum absolute atomic E-state index is 13.5. The van der Waals surface area contributed by atoms with Gasteiger partial charge in [0.2, 0.25) is 17.6 Å². The molecule has 41 heavy (non-hydrogen) atoms. The summed E-state index contributed by atoms with van der Waals surface area (Å²) >= 11 is 0. The summed E-state index contributed by atoms with van der Waals surface area (Å²) < 4.78 is 60.2. The zero-order valence-electron chi connectivity index (χ0n) is 21.7. The van der Waals surface area contributed by atoms with E-state index in [0.29, 0.717) is 48.6 Å². The van der Waals surface area contributed by atoms with Gasteiger partial charge in [0, 0.05) is 36.7 Å². The monoisotopic (exact) mass is 570 g/mol. The number of carbonyl (C=O) groups excluding carboxylic acids is 2. The van der Waals surface area contributed by atoms with Crippen LogP contribution in [0.25, 0.3) is 17.1 Å². The Kier molecular flexibility index (Phi) is 8.13. The molecule has 2 aromatic carbocycles. The van der Waals surface area contributed by atoms with Crippen molar-refractivity contribution in [1.29, 1.82) is 0 Å². The van der Waals surface area contributed by atoms with Gasteiger partial charge >= 0.3 is 6.18 Å². The van der Waals surface area contributed by atoms with Crippen molar-refractivity contribution >= 4 is 11.8 Å². The number of benzene rings is 2. The highest BCUT2D eigenvalue weighted by molar-refractivity contribution is 5.95. The van der Waals surface area contributed by atoms with Gasteiger partial charge in [-0.2, -0.15) is 23.3 Å². The van der Waals surface area contributed by atoms with Gasteiger partial charge in [-0.3, -0.25) is 9.59 Å². The van der Waals surface area contributed by atoms with Crippen molar-refractivity contribution in [2.45, 2.75) is 37.8 Å². The average Bonchev–Trinajstić information content (AvgIpc) is 3.65. The Labute approximate surface area is 231 Å². The third-order valence-electron chi connectivity index (χ3n) is 6.95. The van der Waals surface area contributed by atoms with Crippen molar-refractivity contribution < 1.29 is 31.7 Å². The minimum atomic E-state index is -4.82. The Hall–Kier alpha value is -4.55. The molecule has 1 saturated carbocycles. The number of aromatic nitrogens is 4. The fourth-order valence-corrected chi connectivity index (χ4v) is 4.78. The molecule has 0 radical (unpaired) electrons. The van der Waals surface area contributed by atoms with Gasteiger partial charge < -0.3 is 15.2 Å². The van der Waals surface area contributed by atoms with Crippen LogP contribution in [-0.2, 0) is 11.0 Å². The molecule has 4 aromatic rings. The Morgan fingerprint density at radius 3 is 2.32 bits per heavy atom.